The number of methoxy groups -OCH3 is 1. The molecule has 0 spiro atoms. The van der Waals surface area contributed by atoms with Crippen molar-refractivity contribution in [3.05, 3.63) is 103 Å². The van der Waals surface area contributed by atoms with Crippen LogP contribution >= 0.6 is 15.9 Å². The van der Waals surface area contributed by atoms with E-state index in [-0.39, 0.29) is 17.1 Å². The normalized spacial score (nSPS) is 11.1. The summed E-state index contributed by atoms with van der Waals surface area (Å²) in [7, 11) is 1.49. The van der Waals surface area contributed by atoms with Gasteiger partial charge in [-0.1, -0.05) is 22.0 Å². The number of benzene rings is 2. The molecule has 0 saturated heterocycles. The van der Waals surface area contributed by atoms with Crippen molar-refractivity contribution < 1.29 is 14.4 Å². The first-order valence-electron chi connectivity index (χ1n) is 10.6. The molecule has 182 valence electrons. The number of fused-ring (bicyclic) bond motifs is 1. The van der Waals surface area contributed by atoms with Gasteiger partial charge < -0.3 is 9.47 Å². The second-order valence-corrected chi connectivity index (χ2v) is 8.52. The van der Waals surface area contributed by atoms with Gasteiger partial charge >= 0.3 is 0 Å². The van der Waals surface area contributed by atoms with Crippen LogP contribution in [0.15, 0.2) is 75.7 Å². The molecule has 0 unspecified atom stereocenters. The summed E-state index contributed by atoms with van der Waals surface area (Å²) in [5.41, 5.74) is 1.51. The lowest BCUT2D eigenvalue weighted by Crippen LogP contribution is -2.20. The molecule has 0 N–H and O–H groups in total. The summed E-state index contributed by atoms with van der Waals surface area (Å²) >= 11 is 3.38. The molecule has 0 aliphatic rings. The van der Waals surface area contributed by atoms with Crippen LogP contribution < -0.4 is 15.0 Å². The van der Waals surface area contributed by atoms with E-state index >= 15 is 0 Å². The predicted molar refractivity (Wildman–Crippen MR) is 139 cm³/mol. The van der Waals surface area contributed by atoms with E-state index in [0.717, 1.165) is 16.2 Å². The molecule has 0 bridgehead atoms. The van der Waals surface area contributed by atoms with Gasteiger partial charge in [-0.25, -0.2) is 9.97 Å². The summed E-state index contributed by atoms with van der Waals surface area (Å²) in [6.07, 6.45) is 4.78. The van der Waals surface area contributed by atoms with Gasteiger partial charge in [-0.3, -0.25) is 14.9 Å². The minimum atomic E-state index is -0.536. The second kappa shape index (κ2) is 10.5. The third kappa shape index (κ3) is 5.15. The van der Waals surface area contributed by atoms with Crippen molar-refractivity contribution in [1.82, 2.24) is 14.6 Å². The SMILES string of the molecule is C=CCc1cc(C=Nn2c(C)nc3ccc(Br)cc3c2=O)cc(OC)c1Oc1ccc([N+](=O)[O-])cn1. The van der Waals surface area contributed by atoms with Crippen LogP contribution in [0.1, 0.15) is 17.0 Å². The maximum absolute atomic E-state index is 13.0. The van der Waals surface area contributed by atoms with Crippen molar-refractivity contribution in [2.24, 2.45) is 5.10 Å². The Hall–Kier alpha value is -4.38. The molecule has 0 aliphatic heterocycles. The maximum atomic E-state index is 13.0. The van der Waals surface area contributed by atoms with E-state index in [2.05, 4.69) is 37.6 Å². The van der Waals surface area contributed by atoms with Crippen LogP contribution in [-0.2, 0) is 6.42 Å². The number of nitrogens with zero attached hydrogens (tertiary/aromatic N) is 5. The molecule has 10 nitrogen and oxygen atoms in total. The number of allylic oxidation sites excluding steroid dienone is 1. The van der Waals surface area contributed by atoms with Crippen LogP contribution in [0.5, 0.6) is 17.4 Å². The Kier molecular flexibility index (Phi) is 7.20. The lowest BCUT2D eigenvalue weighted by molar-refractivity contribution is -0.385. The summed E-state index contributed by atoms with van der Waals surface area (Å²) < 4.78 is 13.5. The van der Waals surface area contributed by atoms with Gasteiger partial charge in [0.05, 0.1) is 29.2 Å². The third-order valence-electron chi connectivity index (χ3n) is 5.17. The van der Waals surface area contributed by atoms with E-state index in [0.29, 0.717) is 40.2 Å². The van der Waals surface area contributed by atoms with Crippen LogP contribution in [0.25, 0.3) is 10.9 Å². The van der Waals surface area contributed by atoms with Crippen molar-refractivity contribution >= 4 is 38.7 Å². The van der Waals surface area contributed by atoms with Crippen LogP contribution in [0.2, 0.25) is 0 Å². The summed E-state index contributed by atoms with van der Waals surface area (Å²) in [4.78, 5) is 31.8. The van der Waals surface area contributed by atoms with Gasteiger partial charge in [0.1, 0.15) is 12.0 Å². The summed E-state index contributed by atoms with van der Waals surface area (Å²) in [5.74, 6) is 1.39. The standard InChI is InChI=1S/C25H20BrN5O5/c1-4-5-17-10-16(11-22(35-3)24(17)36-23-9-7-19(14-27-23)31(33)34)13-28-30-15(2)29-21-8-6-18(26)12-20(21)25(30)32/h4,6-14H,1,5H2,2-3H3. The molecule has 0 saturated carbocycles. The number of pyridine rings is 1. The minimum absolute atomic E-state index is 0.145. The molecule has 0 atom stereocenters. The zero-order valence-corrected chi connectivity index (χ0v) is 20.9. The van der Waals surface area contributed by atoms with Crippen LogP contribution in [-0.4, -0.2) is 32.9 Å². The number of rotatable bonds is 8. The highest BCUT2D eigenvalue weighted by Gasteiger charge is 2.15. The summed E-state index contributed by atoms with van der Waals surface area (Å²) in [5, 5.41) is 15.7. The molecule has 11 heteroatoms. The molecule has 2 heterocycles. The molecule has 0 amide bonds. The van der Waals surface area contributed by atoms with E-state index in [9.17, 15) is 14.9 Å². The Morgan fingerprint density at radius 3 is 2.72 bits per heavy atom. The van der Waals surface area contributed by atoms with Crippen molar-refractivity contribution in [2.45, 2.75) is 13.3 Å². The Morgan fingerprint density at radius 2 is 2.06 bits per heavy atom. The highest BCUT2D eigenvalue weighted by molar-refractivity contribution is 9.10. The van der Waals surface area contributed by atoms with E-state index in [1.807, 2.05) is 12.1 Å². The van der Waals surface area contributed by atoms with Gasteiger partial charge in [0.25, 0.3) is 11.2 Å². The average molecular weight is 550 g/mol. The monoisotopic (exact) mass is 549 g/mol. The van der Waals surface area contributed by atoms with E-state index in [1.165, 1.54) is 30.1 Å². The fourth-order valence-corrected chi connectivity index (χ4v) is 3.86. The molecule has 4 rings (SSSR count). The summed E-state index contributed by atoms with van der Waals surface area (Å²) in [6, 6.07) is 11.5. The number of hydrogen-bond acceptors (Lipinski definition) is 8. The molecular weight excluding hydrogens is 530 g/mol. The molecule has 0 aliphatic carbocycles. The van der Waals surface area contributed by atoms with Gasteiger partial charge in [0.2, 0.25) is 5.88 Å². The van der Waals surface area contributed by atoms with E-state index in [1.54, 1.807) is 31.2 Å². The Balaban J connectivity index is 1.73. The third-order valence-corrected chi connectivity index (χ3v) is 5.66. The predicted octanol–water partition coefficient (Wildman–Crippen LogP) is 5.18. The minimum Gasteiger partial charge on any atom is -0.493 e. The first kappa shape index (κ1) is 24.7. The zero-order chi connectivity index (χ0) is 25.8. The number of halogens is 1. The van der Waals surface area contributed by atoms with Crippen LogP contribution in [0, 0.1) is 17.0 Å². The maximum Gasteiger partial charge on any atom is 0.287 e. The van der Waals surface area contributed by atoms with Crippen LogP contribution in [0.3, 0.4) is 0 Å². The topological polar surface area (TPSA) is 122 Å². The zero-order valence-electron chi connectivity index (χ0n) is 19.3. The lowest BCUT2D eigenvalue weighted by Gasteiger charge is -2.15. The van der Waals surface area contributed by atoms with Crippen molar-refractivity contribution in [1.29, 1.82) is 0 Å². The van der Waals surface area contributed by atoms with Crippen molar-refractivity contribution in [3.63, 3.8) is 0 Å². The highest BCUT2D eigenvalue weighted by atomic mass is 79.9. The molecule has 0 fully saturated rings. The first-order valence-corrected chi connectivity index (χ1v) is 11.4. The molecular formula is C25H20BrN5O5. The number of aromatic nitrogens is 3. The van der Waals surface area contributed by atoms with Gasteiger partial charge in [-0.2, -0.15) is 9.78 Å². The average Bonchev–Trinajstić information content (AvgIpc) is 2.86. The number of hydrogen-bond donors (Lipinski definition) is 0. The fourth-order valence-electron chi connectivity index (χ4n) is 3.50. The first-order chi connectivity index (χ1) is 17.3. The number of ether oxygens (including phenoxy) is 2. The quantitative estimate of drug-likeness (QED) is 0.128. The van der Waals surface area contributed by atoms with Crippen molar-refractivity contribution in [3.8, 4) is 17.4 Å². The highest BCUT2D eigenvalue weighted by Crippen LogP contribution is 2.36. The van der Waals surface area contributed by atoms with Gasteiger partial charge in [-0.05, 0) is 49.2 Å². The fraction of sp³-hybridized carbons (Fsp3) is 0.120. The van der Waals surface area contributed by atoms with Crippen LogP contribution in [0.4, 0.5) is 5.69 Å². The lowest BCUT2D eigenvalue weighted by atomic mass is 10.1. The Labute approximate surface area is 213 Å². The second-order valence-electron chi connectivity index (χ2n) is 7.60. The number of aryl methyl sites for hydroxylation is 1. The largest absolute Gasteiger partial charge is 0.493 e. The molecule has 2 aromatic carbocycles. The molecule has 0 radical (unpaired) electrons. The molecule has 4 aromatic rings. The smallest absolute Gasteiger partial charge is 0.287 e. The van der Waals surface area contributed by atoms with E-state index < -0.39 is 4.92 Å². The summed E-state index contributed by atoms with van der Waals surface area (Å²) in [6.45, 7) is 5.50. The van der Waals surface area contributed by atoms with Gasteiger partial charge in [0.15, 0.2) is 11.5 Å². The molecule has 36 heavy (non-hydrogen) atoms. The van der Waals surface area contributed by atoms with E-state index in [4.69, 9.17) is 9.47 Å². The number of nitro groups is 1. The van der Waals surface area contributed by atoms with Gasteiger partial charge in [-0.15, -0.1) is 6.58 Å². The molecule has 2 aromatic heterocycles. The Bertz CT molecular complexity index is 1560. The Morgan fingerprint density at radius 1 is 1.25 bits per heavy atom. The van der Waals surface area contributed by atoms with Crippen molar-refractivity contribution in [2.75, 3.05) is 7.11 Å². The van der Waals surface area contributed by atoms with Gasteiger partial charge in [0, 0.05) is 22.2 Å².